The average molecular weight is 241 g/mol. The zero-order valence-electron chi connectivity index (χ0n) is 11.3. The molecule has 0 amide bonds. The second-order valence-electron chi connectivity index (χ2n) is 5.93. The molecule has 2 aliphatic rings. The Balaban J connectivity index is 1.76. The van der Waals surface area contributed by atoms with E-state index < -0.39 is 0 Å². The maximum Gasteiger partial charge on any atom is 0.0685 e. The molecule has 3 heteroatoms. The quantitative estimate of drug-likeness (QED) is 0.804. The van der Waals surface area contributed by atoms with Gasteiger partial charge in [0.2, 0.25) is 0 Å². The first-order valence-corrected chi connectivity index (χ1v) is 7.07. The third-order valence-electron chi connectivity index (χ3n) is 4.71. The van der Waals surface area contributed by atoms with Gasteiger partial charge in [-0.05, 0) is 57.8 Å². The van der Waals surface area contributed by atoms with Crippen molar-refractivity contribution in [1.82, 2.24) is 0 Å². The summed E-state index contributed by atoms with van der Waals surface area (Å²) < 4.78 is 11.2. The molecule has 2 rings (SSSR count). The standard InChI is InChI=1S/C14H27NO2/c1-11(16-2)4-5-13(15)12-6-9-17-14(10-12)7-3-8-14/h11-13H,3-10,15H2,1-2H3. The first kappa shape index (κ1) is 13.3. The van der Waals surface area contributed by atoms with Crippen LogP contribution in [0.1, 0.15) is 51.9 Å². The second-order valence-corrected chi connectivity index (χ2v) is 5.93. The Hall–Kier alpha value is -0.120. The number of hydrogen-bond acceptors (Lipinski definition) is 3. The molecular weight excluding hydrogens is 214 g/mol. The topological polar surface area (TPSA) is 44.5 Å². The minimum Gasteiger partial charge on any atom is -0.382 e. The summed E-state index contributed by atoms with van der Waals surface area (Å²) >= 11 is 0. The Labute approximate surface area is 105 Å². The van der Waals surface area contributed by atoms with Crippen molar-refractivity contribution >= 4 is 0 Å². The molecule has 0 radical (unpaired) electrons. The van der Waals surface area contributed by atoms with Crippen molar-refractivity contribution in [3.8, 4) is 0 Å². The van der Waals surface area contributed by atoms with E-state index in [4.69, 9.17) is 15.2 Å². The van der Waals surface area contributed by atoms with Crippen molar-refractivity contribution in [2.75, 3.05) is 13.7 Å². The molecule has 0 aromatic rings. The van der Waals surface area contributed by atoms with Crippen molar-refractivity contribution in [3.63, 3.8) is 0 Å². The minimum absolute atomic E-state index is 0.230. The highest BCUT2D eigenvalue weighted by molar-refractivity contribution is 4.96. The van der Waals surface area contributed by atoms with Gasteiger partial charge in [-0.3, -0.25) is 0 Å². The summed E-state index contributed by atoms with van der Waals surface area (Å²) in [5.41, 5.74) is 6.57. The van der Waals surface area contributed by atoms with Gasteiger partial charge in [0.15, 0.2) is 0 Å². The van der Waals surface area contributed by atoms with Gasteiger partial charge in [0.05, 0.1) is 11.7 Å². The van der Waals surface area contributed by atoms with E-state index in [0.717, 1.165) is 25.9 Å². The molecule has 3 unspecified atom stereocenters. The first-order valence-electron chi connectivity index (χ1n) is 7.07. The van der Waals surface area contributed by atoms with Crippen LogP contribution in [0, 0.1) is 5.92 Å². The van der Waals surface area contributed by atoms with E-state index >= 15 is 0 Å². The van der Waals surface area contributed by atoms with Crippen LogP contribution in [0.15, 0.2) is 0 Å². The molecule has 0 bridgehead atoms. The van der Waals surface area contributed by atoms with E-state index in [9.17, 15) is 0 Å². The van der Waals surface area contributed by atoms with Crippen molar-refractivity contribution in [2.45, 2.75) is 69.6 Å². The Kier molecular flexibility index (Phi) is 4.45. The van der Waals surface area contributed by atoms with Crippen LogP contribution in [0.25, 0.3) is 0 Å². The Bertz CT molecular complexity index is 240. The highest BCUT2D eigenvalue weighted by atomic mass is 16.5. The summed E-state index contributed by atoms with van der Waals surface area (Å²) in [6, 6.07) is 0.328. The molecule has 2 N–H and O–H groups in total. The fourth-order valence-corrected chi connectivity index (χ4v) is 3.13. The molecule has 1 spiro atoms. The SMILES string of the molecule is COC(C)CCC(N)C1CCOC2(CCC2)C1. The Morgan fingerprint density at radius 2 is 2.18 bits per heavy atom. The van der Waals surface area contributed by atoms with Gasteiger partial charge in [0, 0.05) is 19.8 Å². The summed E-state index contributed by atoms with van der Waals surface area (Å²) in [7, 11) is 1.77. The average Bonchev–Trinajstić information content (AvgIpc) is 2.33. The lowest BCUT2D eigenvalue weighted by molar-refractivity contribution is -0.146. The molecule has 1 saturated heterocycles. The summed E-state index contributed by atoms with van der Waals surface area (Å²) in [6.07, 6.45) is 8.66. The van der Waals surface area contributed by atoms with Crippen LogP contribution >= 0.6 is 0 Å². The molecule has 1 saturated carbocycles. The predicted molar refractivity (Wildman–Crippen MR) is 68.9 cm³/mol. The van der Waals surface area contributed by atoms with Gasteiger partial charge in [-0.1, -0.05) is 0 Å². The van der Waals surface area contributed by atoms with E-state index in [-0.39, 0.29) is 5.60 Å². The number of methoxy groups -OCH3 is 1. The third-order valence-corrected chi connectivity index (χ3v) is 4.71. The van der Waals surface area contributed by atoms with E-state index in [0.29, 0.717) is 18.1 Å². The van der Waals surface area contributed by atoms with E-state index in [1.165, 1.54) is 25.7 Å². The molecule has 17 heavy (non-hydrogen) atoms. The van der Waals surface area contributed by atoms with Crippen molar-refractivity contribution in [1.29, 1.82) is 0 Å². The van der Waals surface area contributed by atoms with Crippen molar-refractivity contribution in [3.05, 3.63) is 0 Å². The number of rotatable bonds is 5. The predicted octanol–water partition coefficient (Wildman–Crippen LogP) is 2.48. The summed E-state index contributed by atoms with van der Waals surface area (Å²) in [6.45, 7) is 3.03. The zero-order chi connectivity index (χ0) is 12.3. The fraction of sp³-hybridized carbons (Fsp3) is 1.00. The summed E-state index contributed by atoms with van der Waals surface area (Å²) in [4.78, 5) is 0. The van der Waals surface area contributed by atoms with Gasteiger partial charge >= 0.3 is 0 Å². The zero-order valence-corrected chi connectivity index (χ0v) is 11.3. The highest BCUT2D eigenvalue weighted by Gasteiger charge is 2.43. The van der Waals surface area contributed by atoms with Crippen LogP contribution in [0.5, 0.6) is 0 Å². The lowest BCUT2D eigenvalue weighted by Gasteiger charge is -2.48. The smallest absolute Gasteiger partial charge is 0.0685 e. The minimum atomic E-state index is 0.230. The molecule has 100 valence electrons. The van der Waals surface area contributed by atoms with E-state index in [2.05, 4.69) is 6.92 Å². The maximum absolute atomic E-state index is 6.34. The molecule has 0 aromatic heterocycles. The van der Waals surface area contributed by atoms with E-state index in [1.54, 1.807) is 7.11 Å². The monoisotopic (exact) mass is 241 g/mol. The Morgan fingerprint density at radius 1 is 1.41 bits per heavy atom. The van der Waals surface area contributed by atoms with Gasteiger partial charge in [-0.15, -0.1) is 0 Å². The molecule has 2 fully saturated rings. The maximum atomic E-state index is 6.34. The highest BCUT2D eigenvalue weighted by Crippen LogP contribution is 2.45. The number of nitrogens with two attached hydrogens (primary N) is 1. The molecule has 3 atom stereocenters. The van der Waals surface area contributed by atoms with Gasteiger partial charge in [0.1, 0.15) is 0 Å². The van der Waals surface area contributed by atoms with Crippen LogP contribution < -0.4 is 5.73 Å². The Morgan fingerprint density at radius 3 is 2.76 bits per heavy atom. The lowest BCUT2D eigenvalue weighted by atomic mass is 9.70. The third kappa shape index (κ3) is 3.21. The normalized spacial score (nSPS) is 30.9. The first-order chi connectivity index (χ1) is 8.15. The number of hydrogen-bond donors (Lipinski definition) is 1. The molecule has 3 nitrogen and oxygen atoms in total. The van der Waals surface area contributed by atoms with Gasteiger partial charge < -0.3 is 15.2 Å². The van der Waals surface area contributed by atoms with Crippen molar-refractivity contribution < 1.29 is 9.47 Å². The lowest BCUT2D eigenvalue weighted by Crippen LogP contribution is -2.49. The largest absolute Gasteiger partial charge is 0.382 e. The summed E-state index contributed by atoms with van der Waals surface area (Å²) in [5.74, 6) is 0.660. The van der Waals surface area contributed by atoms with Crippen molar-refractivity contribution in [2.24, 2.45) is 11.7 Å². The van der Waals surface area contributed by atoms with Gasteiger partial charge in [0.25, 0.3) is 0 Å². The van der Waals surface area contributed by atoms with Crippen LogP contribution in [0.3, 0.4) is 0 Å². The molecule has 1 aliphatic carbocycles. The van der Waals surface area contributed by atoms with Crippen LogP contribution in [0.2, 0.25) is 0 Å². The molecule has 0 aromatic carbocycles. The molecular formula is C14H27NO2. The number of ether oxygens (including phenoxy) is 2. The van der Waals surface area contributed by atoms with Gasteiger partial charge in [-0.2, -0.15) is 0 Å². The summed E-state index contributed by atoms with van der Waals surface area (Å²) in [5, 5.41) is 0. The molecule has 1 heterocycles. The van der Waals surface area contributed by atoms with Crippen LogP contribution in [0.4, 0.5) is 0 Å². The van der Waals surface area contributed by atoms with Crippen LogP contribution in [-0.2, 0) is 9.47 Å². The fourth-order valence-electron chi connectivity index (χ4n) is 3.13. The van der Waals surface area contributed by atoms with E-state index in [1.807, 2.05) is 0 Å². The van der Waals surface area contributed by atoms with Gasteiger partial charge in [-0.25, -0.2) is 0 Å². The van der Waals surface area contributed by atoms with Crippen LogP contribution in [-0.4, -0.2) is 31.5 Å². The second kappa shape index (κ2) is 5.68. The molecule has 1 aliphatic heterocycles.